The van der Waals surface area contributed by atoms with Gasteiger partial charge in [-0.05, 0) is 19.1 Å². The zero-order chi connectivity index (χ0) is 16.0. The van der Waals surface area contributed by atoms with Crippen LogP contribution in [0.2, 0.25) is 0 Å². The van der Waals surface area contributed by atoms with E-state index in [1.54, 1.807) is 18.2 Å². The molecule has 0 N–H and O–H groups in total. The Bertz CT molecular complexity index is 546. The van der Waals surface area contributed by atoms with Crippen LogP contribution in [0.25, 0.3) is 0 Å². The first kappa shape index (κ1) is 16.4. The number of hydrogen-bond donors (Lipinski definition) is 0. The van der Waals surface area contributed by atoms with Crippen LogP contribution in [0.4, 0.5) is 0 Å². The molecule has 0 amide bonds. The van der Waals surface area contributed by atoms with Crippen molar-refractivity contribution in [2.45, 2.75) is 6.92 Å². The monoisotopic (exact) mass is 294 g/mol. The largest absolute Gasteiger partial charge is 0.468 e. The number of methoxy groups -OCH3 is 2. The predicted octanol–water partition coefficient (Wildman–Crippen LogP) is 0.513. The number of esters is 3. The molecule has 0 saturated carbocycles. The molecule has 0 aliphatic carbocycles. The van der Waals surface area contributed by atoms with Crippen LogP contribution in [0, 0.1) is 5.41 Å². The van der Waals surface area contributed by atoms with Gasteiger partial charge in [0.25, 0.3) is 5.78 Å². The molecule has 0 heterocycles. The Morgan fingerprint density at radius 2 is 1.38 bits per heavy atom. The van der Waals surface area contributed by atoms with Crippen molar-refractivity contribution in [1.29, 1.82) is 0 Å². The number of carbonyl (C=O) groups is 4. The van der Waals surface area contributed by atoms with Crippen molar-refractivity contribution in [3.05, 3.63) is 30.3 Å². The second-order valence-electron chi connectivity index (χ2n) is 4.14. The second kappa shape index (κ2) is 6.65. The van der Waals surface area contributed by atoms with Gasteiger partial charge in [0.1, 0.15) is 5.75 Å². The fourth-order valence-corrected chi connectivity index (χ4v) is 1.52. The number of rotatable bonds is 5. The Hall–Kier alpha value is -2.70. The first-order valence-electron chi connectivity index (χ1n) is 5.86. The minimum absolute atomic E-state index is 0.105. The normalized spacial score (nSPS) is 10.4. The molecule has 0 aliphatic rings. The van der Waals surface area contributed by atoms with E-state index in [2.05, 4.69) is 9.47 Å². The van der Waals surface area contributed by atoms with Gasteiger partial charge < -0.3 is 14.2 Å². The highest BCUT2D eigenvalue weighted by molar-refractivity contribution is 6.45. The summed E-state index contributed by atoms with van der Waals surface area (Å²) in [6, 6.07) is 7.75. The summed E-state index contributed by atoms with van der Waals surface area (Å²) in [6.07, 6.45) is 0. The summed E-state index contributed by atoms with van der Waals surface area (Å²) >= 11 is 0. The Morgan fingerprint density at radius 1 is 0.905 bits per heavy atom. The molecule has 1 aromatic carbocycles. The van der Waals surface area contributed by atoms with Crippen molar-refractivity contribution in [1.82, 2.24) is 0 Å². The number of benzene rings is 1. The van der Waals surface area contributed by atoms with Gasteiger partial charge in [-0.3, -0.25) is 14.4 Å². The summed E-state index contributed by atoms with van der Waals surface area (Å²) in [5.41, 5.74) is -2.41. The number of ketones is 1. The number of carbonyl (C=O) groups excluding carboxylic acids is 4. The molecule has 0 unspecified atom stereocenters. The van der Waals surface area contributed by atoms with Crippen LogP contribution in [0.3, 0.4) is 0 Å². The third-order valence-corrected chi connectivity index (χ3v) is 2.78. The third kappa shape index (κ3) is 3.25. The molecule has 7 nitrogen and oxygen atoms in total. The SMILES string of the molecule is COC(=O)C(C)(C(=O)OC)C(=O)C(=O)Oc1ccccc1. The van der Waals surface area contributed by atoms with Gasteiger partial charge in [-0.15, -0.1) is 0 Å². The average Bonchev–Trinajstić information content (AvgIpc) is 2.52. The lowest BCUT2D eigenvalue weighted by molar-refractivity contribution is -0.174. The Kier molecular flexibility index (Phi) is 5.18. The number of hydrogen-bond acceptors (Lipinski definition) is 7. The van der Waals surface area contributed by atoms with E-state index >= 15 is 0 Å². The quantitative estimate of drug-likeness (QED) is 0.338. The molecule has 1 aromatic rings. The molecular formula is C14H14O7. The predicted molar refractivity (Wildman–Crippen MR) is 69.2 cm³/mol. The molecule has 1 rings (SSSR count). The maximum atomic E-state index is 12.1. The molecular weight excluding hydrogens is 280 g/mol. The summed E-state index contributed by atoms with van der Waals surface area (Å²) in [5.74, 6) is -5.04. The topological polar surface area (TPSA) is 96.0 Å². The average molecular weight is 294 g/mol. The third-order valence-electron chi connectivity index (χ3n) is 2.78. The minimum Gasteiger partial charge on any atom is -0.468 e. The van der Waals surface area contributed by atoms with Gasteiger partial charge in [0, 0.05) is 0 Å². The first-order valence-corrected chi connectivity index (χ1v) is 5.86. The van der Waals surface area contributed by atoms with Crippen molar-refractivity contribution >= 4 is 23.7 Å². The van der Waals surface area contributed by atoms with Crippen molar-refractivity contribution in [3.8, 4) is 5.75 Å². The van der Waals surface area contributed by atoms with Crippen molar-refractivity contribution in [2.24, 2.45) is 5.41 Å². The lowest BCUT2D eigenvalue weighted by atomic mass is 9.85. The summed E-state index contributed by atoms with van der Waals surface area (Å²) in [4.78, 5) is 47.3. The highest BCUT2D eigenvalue weighted by atomic mass is 16.6. The van der Waals surface area contributed by atoms with Gasteiger partial charge in [0.15, 0.2) is 0 Å². The Morgan fingerprint density at radius 3 is 1.81 bits per heavy atom. The van der Waals surface area contributed by atoms with E-state index in [1.807, 2.05) is 0 Å². The molecule has 112 valence electrons. The maximum absolute atomic E-state index is 12.1. The van der Waals surface area contributed by atoms with Gasteiger partial charge in [-0.2, -0.15) is 0 Å². The lowest BCUT2D eigenvalue weighted by Gasteiger charge is -2.20. The van der Waals surface area contributed by atoms with Crippen LogP contribution in [0.1, 0.15) is 6.92 Å². The van der Waals surface area contributed by atoms with Gasteiger partial charge in [-0.1, -0.05) is 18.2 Å². The first-order chi connectivity index (χ1) is 9.87. The van der Waals surface area contributed by atoms with Crippen LogP contribution < -0.4 is 4.74 Å². The number of para-hydroxylation sites is 1. The molecule has 0 aliphatic heterocycles. The number of ether oxygens (including phenoxy) is 3. The van der Waals surface area contributed by atoms with Crippen LogP contribution in [0.15, 0.2) is 30.3 Å². The van der Waals surface area contributed by atoms with Crippen LogP contribution in [-0.4, -0.2) is 37.9 Å². The van der Waals surface area contributed by atoms with Crippen LogP contribution in [-0.2, 0) is 28.7 Å². The van der Waals surface area contributed by atoms with Crippen LogP contribution in [0.5, 0.6) is 5.75 Å². The van der Waals surface area contributed by atoms with E-state index in [1.165, 1.54) is 12.1 Å². The van der Waals surface area contributed by atoms with Crippen molar-refractivity contribution in [2.75, 3.05) is 14.2 Å². The van der Waals surface area contributed by atoms with E-state index in [0.717, 1.165) is 21.1 Å². The van der Waals surface area contributed by atoms with Gasteiger partial charge in [0.2, 0.25) is 5.41 Å². The zero-order valence-electron chi connectivity index (χ0n) is 11.7. The van der Waals surface area contributed by atoms with E-state index in [-0.39, 0.29) is 5.75 Å². The summed E-state index contributed by atoms with van der Waals surface area (Å²) in [5, 5.41) is 0. The molecule has 7 heteroatoms. The Labute approximate surface area is 120 Å². The second-order valence-corrected chi connectivity index (χ2v) is 4.14. The Balaban J connectivity index is 3.04. The molecule has 0 radical (unpaired) electrons. The summed E-state index contributed by atoms with van der Waals surface area (Å²) in [7, 11) is 1.97. The molecule has 0 fully saturated rings. The van der Waals surface area contributed by atoms with Crippen molar-refractivity contribution < 1.29 is 33.4 Å². The molecule has 0 atom stereocenters. The minimum atomic E-state index is -2.41. The van der Waals surface area contributed by atoms with Gasteiger partial charge >= 0.3 is 17.9 Å². The van der Waals surface area contributed by atoms with Gasteiger partial charge in [-0.25, -0.2) is 4.79 Å². The van der Waals surface area contributed by atoms with Crippen molar-refractivity contribution in [3.63, 3.8) is 0 Å². The summed E-state index contributed by atoms with van der Waals surface area (Å²) < 4.78 is 13.6. The van der Waals surface area contributed by atoms with E-state index < -0.39 is 29.1 Å². The highest BCUT2D eigenvalue weighted by Crippen LogP contribution is 2.23. The van der Waals surface area contributed by atoms with E-state index in [4.69, 9.17) is 4.74 Å². The maximum Gasteiger partial charge on any atom is 0.381 e. The fraction of sp³-hybridized carbons (Fsp3) is 0.286. The van der Waals surface area contributed by atoms with Crippen LogP contribution >= 0.6 is 0 Å². The lowest BCUT2D eigenvalue weighted by Crippen LogP contribution is -2.49. The standard InChI is InChI=1S/C14H14O7/c1-14(12(17)19-2,13(18)20-3)10(15)11(16)21-9-7-5-4-6-8-9/h4-8H,1-3H3. The molecule has 0 bridgehead atoms. The van der Waals surface area contributed by atoms with Gasteiger partial charge in [0.05, 0.1) is 14.2 Å². The molecule has 0 saturated heterocycles. The summed E-state index contributed by atoms with van der Waals surface area (Å²) in [6.45, 7) is 0.944. The molecule has 0 aromatic heterocycles. The number of Topliss-reactive ketones (excluding diaryl/α,β-unsaturated/α-hetero) is 1. The molecule has 21 heavy (non-hydrogen) atoms. The van der Waals surface area contributed by atoms with E-state index in [0.29, 0.717) is 0 Å². The smallest absolute Gasteiger partial charge is 0.381 e. The fourth-order valence-electron chi connectivity index (χ4n) is 1.52. The highest BCUT2D eigenvalue weighted by Gasteiger charge is 2.54. The van der Waals surface area contributed by atoms with E-state index in [9.17, 15) is 19.2 Å². The molecule has 0 spiro atoms. The zero-order valence-corrected chi connectivity index (χ0v) is 11.7.